The molecule has 0 bridgehead atoms. The number of alkyl halides is 1. The Morgan fingerprint density at radius 1 is 0.779 bits per heavy atom. The molecule has 3 unspecified atom stereocenters. The van der Waals surface area contributed by atoms with Gasteiger partial charge in [-0.15, -0.1) is 0 Å². The van der Waals surface area contributed by atoms with Gasteiger partial charge in [-0.1, -0.05) is 70.2 Å². The summed E-state index contributed by atoms with van der Waals surface area (Å²) in [5.41, 5.74) is 18.0. The van der Waals surface area contributed by atoms with E-state index in [4.69, 9.17) is 34.2 Å². The van der Waals surface area contributed by atoms with Crippen LogP contribution >= 0.6 is 61.1 Å². The SMILES string of the molecule is CCSC(N)=NC(=S)Nc1ccc(N2CCC(N3CCCC(O)C3)CC2)cc1.N#Cc1cccc(C(=O)CBr)c1.N#Cc1cccc(C(=O)c2sc(Nc3ccc(N4CCC(N5CCCC(O)C5)CC4)cc3)nc2N)c1.P. The number of thioether (sulfide) groups is 1. The highest BCUT2D eigenvalue weighted by molar-refractivity contribution is 9.09. The second kappa shape index (κ2) is 30.6. The van der Waals surface area contributed by atoms with Crippen LogP contribution in [0.25, 0.3) is 0 Å². The lowest BCUT2D eigenvalue weighted by atomic mass is 9.98. The number of aromatic nitrogens is 1. The highest BCUT2D eigenvalue weighted by Gasteiger charge is 2.30. The maximum Gasteiger partial charge on any atom is 0.206 e. The number of carbonyl (C=O) groups is 2. The highest BCUT2D eigenvalue weighted by Crippen LogP contribution is 2.32. The number of aliphatic hydroxyl groups excluding tert-OH is 2. The number of halogens is 1. The van der Waals surface area contributed by atoms with Gasteiger partial charge in [-0.3, -0.25) is 19.4 Å². The fourth-order valence-corrected chi connectivity index (χ4v) is 11.8. The van der Waals surface area contributed by atoms with E-state index in [2.05, 4.69) is 86.5 Å². The smallest absolute Gasteiger partial charge is 0.206 e. The topological polar surface area (TPSA) is 236 Å². The van der Waals surface area contributed by atoms with Gasteiger partial charge >= 0.3 is 0 Å². The van der Waals surface area contributed by atoms with E-state index in [1.165, 1.54) is 34.5 Å². The molecule has 77 heavy (non-hydrogen) atoms. The summed E-state index contributed by atoms with van der Waals surface area (Å²) >= 11 is 11.0. The number of hydrogen-bond acceptors (Lipinski definition) is 16. The number of β-amino-alcohol motifs (C(OH)–C–C–N with tert-alkyl or cyclic N) is 2. The first-order chi connectivity index (χ1) is 36.8. The van der Waals surface area contributed by atoms with Crippen molar-refractivity contribution in [2.75, 3.05) is 89.6 Å². The van der Waals surface area contributed by atoms with Crippen molar-refractivity contribution in [1.82, 2.24) is 14.8 Å². The second-order valence-electron chi connectivity index (χ2n) is 19.1. The number of thiocarbonyl (C=S) groups is 1. The van der Waals surface area contributed by atoms with Crippen LogP contribution in [-0.4, -0.2) is 135 Å². The van der Waals surface area contributed by atoms with E-state index in [-0.39, 0.29) is 39.5 Å². The number of aliphatic imine (C=N–C) groups is 1. The number of thiazole rings is 1. The number of likely N-dealkylation sites (tertiary alicyclic amines) is 2. The van der Waals surface area contributed by atoms with Gasteiger partial charge in [0.1, 0.15) is 10.7 Å². The zero-order valence-electron chi connectivity index (χ0n) is 43.5. The molecule has 0 radical (unpaired) electrons. The van der Waals surface area contributed by atoms with Crippen molar-refractivity contribution >= 4 is 117 Å². The number of nitrogens with two attached hydrogens (primary N) is 2. The minimum Gasteiger partial charge on any atom is -0.392 e. The minimum atomic E-state index is -0.243. The number of rotatable bonds is 12. The molecule has 4 aliphatic rings. The average molecular weight is 1180 g/mol. The molecule has 21 heteroatoms. The van der Waals surface area contributed by atoms with E-state index < -0.39 is 0 Å². The van der Waals surface area contributed by atoms with E-state index in [0.717, 1.165) is 121 Å². The van der Waals surface area contributed by atoms with Crippen molar-refractivity contribution in [1.29, 1.82) is 10.5 Å². The third kappa shape index (κ3) is 18.0. The fourth-order valence-electron chi connectivity index (χ4n) is 9.92. The van der Waals surface area contributed by atoms with Crippen molar-refractivity contribution < 1.29 is 19.8 Å². The third-order valence-electron chi connectivity index (χ3n) is 13.8. The monoisotopic (exact) mass is 1180 g/mol. The second-order valence-corrected chi connectivity index (χ2v) is 22.3. The van der Waals surface area contributed by atoms with Gasteiger partial charge < -0.3 is 42.1 Å². The Bertz CT molecular complexity index is 2850. The first kappa shape index (κ1) is 60.7. The number of nitrogens with one attached hydrogen (secondary N) is 2. The van der Waals surface area contributed by atoms with Crippen LogP contribution in [0, 0.1) is 22.7 Å². The van der Waals surface area contributed by atoms with Crippen LogP contribution in [0.5, 0.6) is 0 Å². The summed E-state index contributed by atoms with van der Waals surface area (Å²) in [6.07, 6.45) is 8.30. The number of nitrogens with zero attached hydrogens (tertiary/aromatic N) is 8. The summed E-state index contributed by atoms with van der Waals surface area (Å²) in [7, 11) is 0. The maximum absolute atomic E-state index is 12.9. The summed E-state index contributed by atoms with van der Waals surface area (Å²) in [5.74, 6) is 0.803. The lowest BCUT2D eigenvalue weighted by molar-refractivity contribution is 0.0397. The number of amidine groups is 1. The van der Waals surface area contributed by atoms with E-state index in [9.17, 15) is 19.8 Å². The first-order valence-electron chi connectivity index (χ1n) is 25.8. The van der Waals surface area contributed by atoms with Gasteiger partial charge in [0.15, 0.2) is 21.2 Å². The average Bonchev–Trinajstić information content (AvgIpc) is 3.82. The number of benzene rings is 4. The standard InChI is InChI=1S/C27H30N6O2S.C20H31N5OS2.C9H6BrNO.H3P/c28-16-18-3-1-4-19(15-18)24(35)25-26(29)31-27(36-25)30-20-6-8-21(9-7-20)32-13-10-22(11-14-32)33-12-2-5-23(34)17-33;1-2-28-19(21)23-20(27)22-15-5-7-16(8-6-15)24-12-9-17(10-13-24)25-11-3-4-18(26)14-25;10-5-9(12)8-3-1-2-7(4-8)6-11;/h1,3-4,6-9,15,22-23,34H,2,5,10-14,17,29H2,(H,30,31);5-8,17-18,26H,2-4,9-14H2,1H3,(H3,21,22,23,27);1-4H,5H2;1H3. The molecule has 0 amide bonds. The Kier molecular flexibility index (Phi) is 24.1. The molecule has 0 aliphatic carbocycles. The molecule has 3 atom stereocenters. The number of anilines is 6. The number of ketones is 2. The Hall–Kier alpha value is -5.51. The van der Waals surface area contributed by atoms with Crippen molar-refractivity contribution in [3.8, 4) is 12.1 Å². The molecule has 4 saturated heterocycles. The van der Waals surface area contributed by atoms with Crippen molar-refractivity contribution in [3.05, 3.63) is 124 Å². The summed E-state index contributed by atoms with van der Waals surface area (Å²) in [5, 5.41) is 45.6. The van der Waals surface area contributed by atoms with Crippen LogP contribution in [0.4, 0.5) is 33.7 Å². The van der Waals surface area contributed by atoms with Gasteiger partial charge in [0.05, 0.1) is 40.8 Å². The van der Waals surface area contributed by atoms with Gasteiger partial charge in [0.2, 0.25) is 5.78 Å². The Labute approximate surface area is 478 Å². The zero-order chi connectivity index (χ0) is 54.0. The summed E-state index contributed by atoms with van der Waals surface area (Å²) in [4.78, 5) is 42.7. The van der Waals surface area contributed by atoms with Crippen molar-refractivity contribution in [2.45, 2.75) is 82.6 Å². The van der Waals surface area contributed by atoms with Crippen LogP contribution < -0.4 is 31.9 Å². The third-order valence-corrected chi connectivity index (χ3v) is 16.2. The van der Waals surface area contributed by atoms with Gasteiger partial charge in [-0.2, -0.15) is 25.4 Å². The summed E-state index contributed by atoms with van der Waals surface area (Å²) in [6.45, 7) is 10.0. The number of Topliss-reactive ketones (excluding diaryl/α,β-unsaturated/α-hetero) is 1. The maximum atomic E-state index is 12.9. The lowest BCUT2D eigenvalue weighted by Crippen LogP contribution is -2.49. The number of nitriles is 2. The van der Waals surface area contributed by atoms with Crippen LogP contribution in [0.15, 0.2) is 102 Å². The normalized spacial score (nSPS) is 18.4. The summed E-state index contributed by atoms with van der Waals surface area (Å²) < 4.78 is 0. The number of piperidine rings is 4. The van der Waals surface area contributed by atoms with Crippen molar-refractivity contribution in [3.63, 3.8) is 0 Å². The largest absolute Gasteiger partial charge is 0.392 e. The molecule has 4 aromatic carbocycles. The number of aliphatic hydroxyl groups is 2. The molecule has 4 fully saturated rings. The van der Waals surface area contributed by atoms with Gasteiger partial charge in [0.25, 0.3) is 0 Å². The molecular formula is C56H70BrN12O4PS3. The van der Waals surface area contributed by atoms with Crippen molar-refractivity contribution in [2.24, 2.45) is 10.7 Å². The lowest BCUT2D eigenvalue weighted by Gasteiger charge is -2.42. The molecule has 9 rings (SSSR count). The van der Waals surface area contributed by atoms with E-state index in [1.54, 1.807) is 48.5 Å². The molecule has 16 nitrogen and oxygen atoms in total. The first-order valence-corrected chi connectivity index (χ1v) is 29.2. The molecule has 408 valence electrons. The molecule has 0 spiro atoms. The predicted octanol–water partition coefficient (Wildman–Crippen LogP) is 9.07. The fraction of sp³-hybridized carbons (Fsp3) is 0.411. The van der Waals surface area contributed by atoms with Crippen LogP contribution in [0.2, 0.25) is 0 Å². The van der Waals surface area contributed by atoms with Crippen LogP contribution in [0.1, 0.15) is 95.0 Å². The molecular weight excluding hydrogens is 1110 g/mol. The predicted molar refractivity (Wildman–Crippen MR) is 328 cm³/mol. The Morgan fingerprint density at radius 3 is 1.75 bits per heavy atom. The van der Waals surface area contributed by atoms with Crippen LogP contribution in [-0.2, 0) is 0 Å². The van der Waals surface area contributed by atoms with Crippen LogP contribution in [0.3, 0.4) is 0 Å². The Morgan fingerprint density at radius 2 is 1.27 bits per heavy atom. The molecule has 8 N–H and O–H groups in total. The number of hydrogen-bond donors (Lipinski definition) is 6. The highest BCUT2D eigenvalue weighted by atomic mass is 79.9. The van der Waals surface area contributed by atoms with E-state index in [1.807, 2.05) is 37.3 Å². The molecule has 4 aliphatic heterocycles. The van der Waals surface area contributed by atoms with E-state index in [0.29, 0.717) is 60.0 Å². The number of nitrogen functional groups attached to an aromatic ring is 1. The molecule has 5 heterocycles. The molecule has 0 saturated carbocycles. The number of carbonyl (C=O) groups excluding carboxylic acids is 2. The summed E-state index contributed by atoms with van der Waals surface area (Å²) in [6, 6.07) is 35.0. The molecule has 5 aromatic rings. The van der Waals surface area contributed by atoms with E-state index >= 15 is 0 Å². The van der Waals surface area contributed by atoms with Gasteiger partial charge in [-0.05, 0) is 155 Å². The minimum absolute atomic E-state index is 0. The zero-order valence-corrected chi connectivity index (χ0v) is 49.0. The quantitative estimate of drug-likeness (QED) is 0.0171. The Balaban J connectivity index is 0.000000208. The molecule has 1 aromatic heterocycles. The van der Waals surface area contributed by atoms with Gasteiger partial charge in [-0.25, -0.2) is 4.98 Å². The van der Waals surface area contributed by atoms with Gasteiger partial charge in [0, 0.05) is 85.2 Å².